The maximum Gasteiger partial charge on any atom is 0.0845 e. The van der Waals surface area contributed by atoms with Gasteiger partial charge in [-0.3, -0.25) is 9.97 Å². The summed E-state index contributed by atoms with van der Waals surface area (Å²) < 4.78 is 0. The van der Waals surface area contributed by atoms with E-state index in [1.807, 2.05) is 12.3 Å². The molecule has 0 N–H and O–H groups in total. The van der Waals surface area contributed by atoms with Crippen LogP contribution in [-0.2, 0) is 19.3 Å². The van der Waals surface area contributed by atoms with E-state index in [4.69, 9.17) is 0 Å². The number of aromatic nitrogens is 2. The molecule has 2 aliphatic carbocycles. The van der Waals surface area contributed by atoms with Crippen LogP contribution in [0, 0.1) is 0 Å². The first-order chi connectivity index (χ1) is 15.3. The molecule has 0 atom stereocenters. The second-order valence-electron chi connectivity index (χ2n) is 8.29. The summed E-state index contributed by atoms with van der Waals surface area (Å²) in [7, 11) is 2.06. The molecule has 31 heavy (non-hydrogen) atoms. The van der Waals surface area contributed by atoms with Gasteiger partial charge in [-0.05, 0) is 83.0 Å². The summed E-state index contributed by atoms with van der Waals surface area (Å²) in [6.07, 6.45) is 20.4. The van der Waals surface area contributed by atoms with Crippen LogP contribution in [-0.4, -0.2) is 28.5 Å². The Kier molecular flexibility index (Phi) is 5.49. The first kappa shape index (κ1) is 19.5. The number of fused-ring (bicyclic) bond motifs is 5. The Morgan fingerprint density at radius 1 is 0.839 bits per heavy atom. The van der Waals surface area contributed by atoms with Crippen molar-refractivity contribution < 1.29 is 0 Å². The average Bonchev–Trinajstić information content (AvgIpc) is 2.85. The van der Waals surface area contributed by atoms with Gasteiger partial charge in [-0.1, -0.05) is 48.6 Å². The monoisotopic (exact) mass is 405 g/mol. The molecule has 1 aromatic heterocycles. The van der Waals surface area contributed by atoms with Crippen molar-refractivity contribution in [2.45, 2.75) is 25.7 Å². The van der Waals surface area contributed by atoms with E-state index in [1.165, 1.54) is 39.0 Å². The van der Waals surface area contributed by atoms with Crippen molar-refractivity contribution in [3.63, 3.8) is 0 Å². The highest BCUT2D eigenvalue weighted by atomic mass is 15.1. The zero-order chi connectivity index (χ0) is 21.0. The highest BCUT2D eigenvalue weighted by Crippen LogP contribution is 2.40. The van der Waals surface area contributed by atoms with E-state index >= 15 is 0 Å². The fourth-order valence-corrected chi connectivity index (χ4v) is 4.64. The average molecular weight is 406 g/mol. The van der Waals surface area contributed by atoms with E-state index in [9.17, 15) is 0 Å². The summed E-state index contributed by atoms with van der Waals surface area (Å²) in [6.45, 7) is 1.05. The Morgan fingerprint density at radius 3 is 2.52 bits per heavy atom. The molecule has 3 nitrogen and oxygen atoms in total. The summed E-state index contributed by atoms with van der Waals surface area (Å²) in [4.78, 5) is 10.8. The molecule has 0 saturated carbocycles. The number of benzene rings is 2. The fourth-order valence-electron chi connectivity index (χ4n) is 4.64. The molecule has 0 unspecified atom stereocenters. The van der Waals surface area contributed by atoms with Gasteiger partial charge in [0.25, 0.3) is 0 Å². The molecule has 3 aromatic rings. The minimum atomic E-state index is 1.01. The van der Waals surface area contributed by atoms with Gasteiger partial charge >= 0.3 is 0 Å². The number of rotatable bonds is 1. The van der Waals surface area contributed by atoms with Gasteiger partial charge in [0.2, 0.25) is 0 Å². The van der Waals surface area contributed by atoms with E-state index in [2.05, 4.69) is 82.7 Å². The number of hydrogen-bond acceptors (Lipinski definition) is 3. The molecule has 0 bridgehead atoms. The molecule has 3 aliphatic rings. The highest BCUT2D eigenvalue weighted by Gasteiger charge is 2.22. The molecule has 1 aliphatic heterocycles. The van der Waals surface area contributed by atoms with Crippen LogP contribution in [0.15, 0.2) is 79.4 Å². The van der Waals surface area contributed by atoms with Gasteiger partial charge in [0.1, 0.15) is 0 Å². The summed E-state index contributed by atoms with van der Waals surface area (Å²) in [5, 5.41) is 0. The van der Waals surface area contributed by atoms with Crippen molar-refractivity contribution >= 4 is 11.6 Å². The molecule has 154 valence electrons. The third-order valence-corrected chi connectivity index (χ3v) is 6.25. The Morgan fingerprint density at radius 2 is 1.74 bits per heavy atom. The minimum Gasteiger partial charge on any atom is -0.377 e. The normalized spacial score (nSPS) is 15.8. The quantitative estimate of drug-likeness (QED) is 0.518. The lowest BCUT2D eigenvalue weighted by Crippen LogP contribution is -2.11. The molecule has 0 radical (unpaired) electrons. The number of allylic oxidation sites excluding steroid dienone is 3. The third-order valence-electron chi connectivity index (χ3n) is 6.25. The van der Waals surface area contributed by atoms with Crippen LogP contribution in [0.4, 0.5) is 0 Å². The predicted molar refractivity (Wildman–Crippen MR) is 128 cm³/mol. The number of likely N-dealkylation sites (N-methyl/N-ethyl adjacent to an activating group) is 1. The Hall–Kier alpha value is -3.46. The summed E-state index contributed by atoms with van der Waals surface area (Å²) in [5.74, 6) is 0. The Bertz CT molecular complexity index is 1170. The third kappa shape index (κ3) is 4.09. The predicted octanol–water partition coefficient (Wildman–Crippen LogP) is 5.73. The lowest BCUT2D eigenvalue weighted by molar-refractivity contribution is 0.505. The molecule has 6 rings (SSSR count). The second kappa shape index (κ2) is 8.73. The van der Waals surface area contributed by atoms with E-state index in [1.54, 1.807) is 12.4 Å². The minimum absolute atomic E-state index is 1.01. The topological polar surface area (TPSA) is 29.0 Å². The van der Waals surface area contributed by atoms with E-state index in [0.29, 0.717) is 0 Å². The maximum atomic E-state index is 4.49. The molecule has 0 spiro atoms. The zero-order valence-corrected chi connectivity index (χ0v) is 18.0. The summed E-state index contributed by atoms with van der Waals surface area (Å²) in [6, 6.07) is 13.5. The highest BCUT2D eigenvalue weighted by molar-refractivity contribution is 5.87. The van der Waals surface area contributed by atoms with Gasteiger partial charge in [0.05, 0.1) is 11.9 Å². The van der Waals surface area contributed by atoms with Crippen LogP contribution in [0.3, 0.4) is 0 Å². The standard InChI is InChI=1S/C22H18N2.C6H9N/c1-2-4-18-15(3-1)7-10-20-19(18)9-8-16-5-6-17(13-21(16)20)22-14-23-11-12-24-22;1-7-5-3-2-4-6-7/h1-4,8-9,11-14H,5-7,10H2;2-5H,6H2,1H3. The molecule has 2 heterocycles. The van der Waals surface area contributed by atoms with Crippen molar-refractivity contribution in [3.05, 3.63) is 107 Å². The van der Waals surface area contributed by atoms with Crippen molar-refractivity contribution in [2.75, 3.05) is 13.6 Å². The number of aryl methyl sites for hydroxylation is 2. The molecular weight excluding hydrogens is 378 g/mol. The van der Waals surface area contributed by atoms with Crippen molar-refractivity contribution in [3.8, 4) is 11.1 Å². The first-order valence-electron chi connectivity index (χ1n) is 11.0. The van der Waals surface area contributed by atoms with Crippen molar-refractivity contribution in [1.82, 2.24) is 14.9 Å². The number of hydrogen-bond donors (Lipinski definition) is 0. The Balaban J connectivity index is 0.000000250. The summed E-state index contributed by atoms with van der Waals surface area (Å²) >= 11 is 0. The van der Waals surface area contributed by atoms with Crippen LogP contribution < -0.4 is 0 Å². The second-order valence-corrected chi connectivity index (χ2v) is 8.29. The van der Waals surface area contributed by atoms with Gasteiger partial charge in [-0.25, -0.2) is 0 Å². The van der Waals surface area contributed by atoms with Gasteiger partial charge in [0.15, 0.2) is 0 Å². The molecule has 0 amide bonds. The fraction of sp³-hybridized carbons (Fsp3) is 0.214. The van der Waals surface area contributed by atoms with Crippen LogP contribution in [0.25, 0.3) is 22.8 Å². The Labute approximate surface area is 184 Å². The van der Waals surface area contributed by atoms with Crippen LogP contribution >= 0.6 is 0 Å². The molecule has 0 saturated heterocycles. The maximum absolute atomic E-state index is 4.49. The van der Waals surface area contributed by atoms with Crippen molar-refractivity contribution in [1.29, 1.82) is 0 Å². The van der Waals surface area contributed by atoms with Crippen LogP contribution in [0.5, 0.6) is 0 Å². The van der Waals surface area contributed by atoms with Crippen LogP contribution in [0.1, 0.15) is 34.4 Å². The molecule has 0 fully saturated rings. The summed E-state index contributed by atoms with van der Waals surface area (Å²) in [5.41, 5.74) is 11.0. The smallest absolute Gasteiger partial charge is 0.0845 e. The van der Waals surface area contributed by atoms with E-state index < -0.39 is 0 Å². The van der Waals surface area contributed by atoms with E-state index in [0.717, 1.165) is 37.9 Å². The van der Waals surface area contributed by atoms with Crippen molar-refractivity contribution in [2.24, 2.45) is 0 Å². The van der Waals surface area contributed by atoms with Crippen LogP contribution in [0.2, 0.25) is 0 Å². The van der Waals surface area contributed by atoms with Gasteiger partial charge < -0.3 is 4.90 Å². The molecule has 3 heteroatoms. The lowest BCUT2D eigenvalue weighted by atomic mass is 9.79. The van der Waals surface area contributed by atoms with Gasteiger partial charge in [-0.15, -0.1) is 0 Å². The SMILES string of the molecule is C1=C(c2cnccn2)CCc2ccc3c(c21)CCc1ccccc1-3.CN1C=CC=CC1. The molecule has 2 aromatic carbocycles. The molecular formula is C28H27N3. The van der Waals surface area contributed by atoms with Gasteiger partial charge in [0, 0.05) is 26.0 Å². The number of nitrogens with zero attached hydrogens (tertiary/aromatic N) is 3. The lowest BCUT2D eigenvalue weighted by Gasteiger charge is -2.26. The first-order valence-corrected chi connectivity index (χ1v) is 11.0. The van der Waals surface area contributed by atoms with Gasteiger partial charge in [-0.2, -0.15) is 0 Å². The van der Waals surface area contributed by atoms with E-state index in [-0.39, 0.29) is 0 Å². The largest absolute Gasteiger partial charge is 0.377 e. The zero-order valence-electron chi connectivity index (χ0n) is 18.0.